The number of pyridine rings is 1. The van der Waals surface area contributed by atoms with Gasteiger partial charge in [0, 0.05) is 55.6 Å². The van der Waals surface area contributed by atoms with Crippen molar-refractivity contribution in [2.75, 3.05) is 7.05 Å². The molecule has 0 unspecified atom stereocenters. The van der Waals surface area contributed by atoms with Crippen LogP contribution in [0.15, 0.2) is 35.2 Å². The lowest BCUT2D eigenvalue weighted by atomic mass is 10.2. The summed E-state index contributed by atoms with van der Waals surface area (Å²) in [5.41, 5.74) is 2.86. The lowest BCUT2D eigenvalue weighted by Crippen LogP contribution is -2.26. The van der Waals surface area contributed by atoms with Crippen molar-refractivity contribution in [3.05, 3.63) is 47.9 Å². The molecular formula is C17H20N6O2. The van der Waals surface area contributed by atoms with E-state index >= 15 is 0 Å². The highest BCUT2D eigenvalue weighted by molar-refractivity contribution is 5.75. The first-order valence-corrected chi connectivity index (χ1v) is 8.09. The second-order valence-corrected chi connectivity index (χ2v) is 5.87. The van der Waals surface area contributed by atoms with Crippen LogP contribution in [0.5, 0.6) is 0 Å². The summed E-state index contributed by atoms with van der Waals surface area (Å²) in [5, 5.41) is 10.8. The highest BCUT2D eigenvalue weighted by Gasteiger charge is 2.13. The minimum absolute atomic E-state index is 0.0782. The largest absolute Gasteiger partial charge is 0.341 e. The number of hydrogen-bond acceptors (Lipinski definition) is 6. The summed E-state index contributed by atoms with van der Waals surface area (Å²) < 4.78 is 5.24. The Labute approximate surface area is 145 Å². The number of carbonyl (C=O) groups excluding carboxylic acids is 1. The summed E-state index contributed by atoms with van der Waals surface area (Å²) in [5.74, 6) is 1.15. The summed E-state index contributed by atoms with van der Waals surface area (Å²) >= 11 is 0. The van der Waals surface area contributed by atoms with E-state index in [9.17, 15) is 4.79 Å². The standard InChI is InChI=1S/C17H20N6O2/c1-12-14(10-19-21-12)11-23(2)16(24)5-3-4-15-20-17(22-25-15)13-6-8-18-9-7-13/h6-10H,3-5,11H2,1-2H3,(H,19,21). The topological polar surface area (TPSA) is 101 Å². The first-order chi connectivity index (χ1) is 12.1. The normalized spacial score (nSPS) is 10.8. The van der Waals surface area contributed by atoms with Crippen LogP contribution in [-0.2, 0) is 17.8 Å². The van der Waals surface area contributed by atoms with E-state index in [4.69, 9.17) is 4.52 Å². The summed E-state index contributed by atoms with van der Waals surface area (Å²) in [4.78, 5) is 22.2. The highest BCUT2D eigenvalue weighted by Crippen LogP contribution is 2.15. The van der Waals surface area contributed by atoms with Crippen LogP contribution in [0, 0.1) is 6.92 Å². The third-order valence-electron chi connectivity index (χ3n) is 3.96. The van der Waals surface area contributed by atoms with Gasteiger partial charge in [-0.3, -0.25) is 14.9 Å². The van der Waals surface area contributed by atoms with Crippen LogP contribution in [0.25, 0.3) is 11.4 Å². The zero-order chi connectivity index (χ0) is 17.6. The van der Waals surface area contributed by atoms with Gasteiger partial charge in [-0.25, -0.2) is 0 Å². The molecule has 0 aliphatic carbocycles. The van der Waals surface area contributed by atoms with E-state index in [1.807, 2.05) is 19.1 Å². The molecule has 1 amide bonds. The average molecular weight is 340 g/mol. The zero-order valence-electron chi connectivity index (χ0n) is 14.3. The molecule has 0 aliphatic heterocycles. The monoisotopic (exact) mass is 340 g/mol. The molecule has 0 saturated carbocycles. The van der Waals surface area contributed by atoms with Crippen LogP contribution in [-0.4, -0.2) is 43.2 Å². The summed E-state index contributed by atoms with van der Waals surface area (Å²) in [6, 6.07) is 3.65. The van der Waals surface area contributed by atoms with Crippen LogP contribution in [0.1, 0.15) is 30.0 Å². The molecule has 0 aromatic carbocycles. The smallest absolute Gasteiger partial charge is 0.226 e. The number of rotatable bonds is 7. The van der Waals surface area contributed by atoms with E-state index in [1.54, 1.807) is 30.5 Å². The van der Waals surface area contributed by atoms with Crippen molar-refractivity contribution in [1.29, 1.82) is 0 Å². The number of nitrogens with one attached hydrogen (secondary N) is 1. The lowest BCUT2D eigenvalue weighted by Gasteiger charge is -2.16. The molecule has 0 bridgehead atoms. The maximum absolute atomic E-state index is 12.2. The molecular weight excluding hydrogens is 320 g/mol. The minimum Gasteiger partial charge on any atom is -0.341 e. The number of hydrogen-bond donors (Lipinski definition) is 1. The fourth-order valence-corrected chi connectivity index (χ4v) is 2.44. The van der Waals surface area contributed by atoms with Gasteiger partial charge in [-0.1, -0.05) is 5.16 Å². The molecule has 8 nitrogen and oxygen atoms in total. The van der Waals surface area contributed by atoms with Crippen LogP contribution in [0.4, 0.5) is 0 Å². The Morgan fingerprint density at radius 3 is 2.84 bits per heavy atom. The third-order valence-corrected chi connectivity index (χ3v) is 3.96. The van der Waals surface area contributed by atoms with Gasteiger partial charge in [-0.2, -0.15) is 10.1 Å². The van der Waals surface area contributed by atoms with Crippen molar-refractivity contribution < 1.29 is 9.32 Å². The fraction of sp³-hybridized carbons (Fsp3) is 0.353. The summed E-state index contributed by atoms with van der Waals surface area (Å²) in [7, 11) is 1.79. The Kier molecular flexibility index (Phi) is 5.17. The number of carbonyl (C=O) groups is 1. The van der Waals surface area contributed by atoms with E-state index in [-0.39, 0.29) is 5.91 Å². The Balaban J connectivity index is 1.47. The number of nitrogens with zero attached hydrogens (tertiary/aromatic N) is 5. The van der Waals surface area contributed by atoms with Gasteiger partial charge in [0.25, 0.3) is 0 Å². The molecule has 1 N–H and O–H groups in total. The minimum atomic E-state index is 0.0782. The maximum atomic E-state index is 12.2. The fourth-order valence-electron chi connectivity index (χ4n) is 2.44. The predicted octanol–water partition coefficient (Wildman–Crippen LogP) is 2.14. The Morgan fingerprint density at radius 1 is 1.32 bits per heavy atom. The van der Waals surface area contributed by atoms with Gasteiger partial charge in [-0.05, 0) is 25.5 Å². The summed E-state index contributed by atoms with van der Waals surface area (Å²) in [6.07, 6.45) is 6.77. The van der Waals surface area contributed by atoms with Gasteiger partial charge in [-0.15, -0.1) is 0 Å². The van der Waals surface area contributed by atoms with E-state index in [1.165, 1.54) is 0 Å². The molecule has 0 aliphatic rings. The molecule has 0 fully saturated rings. The second kappa shape index (κ2) is 7.69. The molecule has 3 aromatic heterocycles. The highest BCUT2D eigenvalue weighted by atomic mass is 16.5. The Hall–Kier alpha value is -3.03. The number of H-pyrrole nitrogens is 1. The average Bonchev–Trinajstić information content (AvgIpc) is 3.25. The lowest BCUT2D eigenvalue weighted by molar-refractivity contribution is -0.130. The van der Waals surface area contributed by atoms with Gasteiger partial charge in [0.2, 0.25) is 17.6 Å². The molecule has 0 atom stereocenters. The number of amides is 1. The van der Waals surface area contributed by atoms with Crippen molar-refractivity contribution >= 4 is 5.91 Å². The molecule has 3 rings (SSSR count). The first kappa shape index (κ1) is 16.8. The van der Waals surface area contributed by atoms with Gasteiger partial charge in [0.05, 0.1) is 6.20 Å². The Bertz CT molecular complexity index is 827. The maximum Gasteiger partial charge on any atom is 0.226 e. The molecule has 0 saturated heterocycles. The Morgan fingerprint density at radius 2 is 2.12 bits per heavy atom. The van der Waals surface area contributed by atoms with Gasteiger partial charge < -0.3 is 9.42 Å². The van der Waals surface area contributed by atoms with Crippen molar-refractivity contribution in [3.63, 3.8) is 0 Å². The third kappa shape index (κ3) is 4.28. The number of aryl methyl sites for hydroxylation is 2. The second-order valence-electron chi connectivity index (χ2n) is 5.87. The quantitative estimate of drug-likeness (QED) is 0.707. The van der Waals surface area contributed by atoms with Gasteiger partial charge >= 0.3 is 0 Å². The van der Waals surface area contributed by atoms with Crippen LogP contribution < -0.4 is 0 Å². The van der Waals surface area contributed by atoms with Crippen LogP contribution in [0.2, 0.25) is 0 Å². The predicted molar refractivity (Wildman–Crippen MR) is 90.3 cm³/mol. The molecule has 25 heavy (non-hydrogen) atoms. The molecule has 0 radical (unpaired) electrons. The van der Waals surface area contributed by atoms with E-state index in [0.29, 0.717) is 37.5 Å². The molecule has 0 spiro atoms. The van der Waals surface area contributed by atoms with Gasteiger partial charge in [0.1, 0.15) is 0 Å². The first-order valence-electron chi connectivity index (χ1n) is 8.09. The van der Waals surface area contributed by atoms with E-state index in [0.717, 1.165) is 16.8 Å². The van der Waals surface area contributed by atoms with Crippen molar-refractivity contribution in [1.82, 2.24) is 30.2 Å². The SMILES string of the molecule is Cc1[nH]ncc1CN(C)C(=O)CCCc1nc(-c2ccncc2)no1. The molecule has 3 heterocycles. The van der Waals surface area contributed by atoms with Crippen LogP contribution >= 0.6 is 0 Å². The number of aromatic nitrogens is 5. The van der Waals surface area contributed by atoms with E-state index in [2.05, 4.69) is 25.3 Å². The van der Waals surface area contributed by atoms with Crippen molar-refractivity contribution in [2.24, 2.45) is 0 Å². The molecule has 3 aromatic rings. The molecule has 130 valence electrons. The molecule has 8 heteroatoms. The van der Waals surface area contributed by atoms with Crippen molar-refractivity contribution in [2.45, 2.75) is 32.7 Å². The van der Waals surface area contributed by atoms with Crippen molar-refractivity contribution in [3.8, 4) is 11.4 Å². The van der Waals surface area contributed by atoms with E-state index < -0.39 is 0 Å². The number of aromatic amines is 1. The van der Waals surface area contributed by atoms with Gasteiger partial charge in [0.15, 0.2) is 0 Å². The zero-order valence-corrected chi connectivity index (χ0v) is 14.3. The summed E-state index contributed by atoms with van der Waals surface area (Å²) in [6.45, 7) is 2.49. The van der Waals surface area contributed by atoms with Crippen LogP contribution in [0.3, 0.4) is 0 Å².